The lowest BCUT2D eigenvalue weighted by Gasteiger charge is -2.07. The molecule has 0 aliphatic heterocycles. The highest BCUT2D eigenvalue weighted by molar-refractivity contribution is 6.06. The summed E-state index contributed by atoms with van der Waals surface area (Å²) in [6.45, 7) is 0. The Morgan fingerprint density at radius 2 is 1.12 bits per heavy atom. The first-order valence-corrected chi connectivity index (χ1v) is 10.5. The predicted octanol–water partition coefficient (Wildman–Crippen LogP) is 6.47. The van der Waals surface area contributed by atoms with Gasteiger partial charge in [-0.3, -0.25) is 0 Å². The van der Waals surface area contributed by atoms with Crippen LogP contribution in [-0.2, 0) is 0 Å². The van der Waals surface area contributed by atoms with Gasteiger partial charge in [-0.15, -0.1) is 0 Å². The van der Waals surface area contributed by atoms with Crippen LogP contribution in [0.3, 0.4) is 0 Å². The topological polar surface area (TPSA) is 114 Å². The molecular weight excluding hydrogens is 432 g/mol. The van der Waals surface area contributed by atoms with Gasteiger partial charge in [0.05, 0.1) is 5.39 Å². The molecule has 34 heavy (non-hydrogen) atoms. The van der Waals surface area contributed by atoms with Crippen molar-refractivity contribution in [3.8, 4) is 51.2 Å². The summed E-state index contributed by atoms with van der Waals surface area (Å²) in [4.78, 5) is 0. The molecule has 0 bridgehead atoms. The number of benzene rings is 4. The number of phenolic OH excluding ortho intramolecular Hbond substituents is 5. The molecule has 0 spiro atoms. The van der Waals surface area contributed by atoms with Gasteiger partial charge in [-0.1, -0.05) is 24.3 Å². The molecule has 6 heteroatoms. The van der Waals surface area contributed by atoms with Crippen molar-refractivity contribution in [2.75, 3.05) is 0 Å². The Labute approximate surface area is 194 Å². The van der Waals surface area contributed by atoms with Gasteiger partial charge in [-0.2, -0.15) is 0 Å². The molecule has 0 radical (unpaired) electrons. The molecule has 0 aliphatic carbocycles. The van der Waals surface area contributed by atoms with Crippen LogP contribution >= 0.6 is 0 Å². The molecule has 0 saturated carbocycles. The van der Waals surface area contributed by atoms with Gasteiger partial charge < -0.3 is 29.9 Å². The Balaban J connectivity index is 1.70. The first-order valence-electron chi connectivity index (χ1n) is 10.5. The van der Waals surface area contributed by atoms with Gasteiger partial charge in [0.1, 0.15) is 40.1 Å². The van der Waals surface area contributed by atoms with Gasteiger partial charge in [0.15, 0.2) is 0 Å². The van der Waals surface area contributed by atoms with Crippen LogP contribution in [0.5, 0.6) is 28.7 Å². The van der Waals surface area contributed by atoms with Crippen LogP contribution in [-0.4, -0.2) is 25.5 Å². The molecule has 5 N–H and O–H groups in total. The molecule has 6 nitrogen and oxygen atoms in total. The van der Waals surface area contributed by atoms with E-state index in [2.05, 4.69) is 0 Å². The van der Waals surface area contributed by atoms with Crippen LogP contribution < -0.4 is 0 Å². The molecule has 0 atom stereocenters. The molecule has 1 aromatic heterocycles. The van der Waals surface area contributed by atoms with Gasteiger partial charge in [0.25, 0.3) is 0 Å². The number of aromatic hydroxyl groups is 5. The molecule has 168 valence electrons. The molecule has 5 rings (SSSR count). The van der Waals surface area contributed by atoms with E-state index in [1.807, 2.05) is 12.2 Å². The third-order valence-corrected chi connectivity index (χ3v) is 5.47. The average molecular weight is 452 g/mol. The summed E-state index contributed by atoms with van der Waals surface area (Å²) < 4.78 is 6.18. The van der Waals surface area contributed by atoms with E-state index in [0.29, 0.717) is 39.0 Å². The fourth-order valence-corrected chi connectivity index (χ4v) is 3.93. The largest absolute Gasteiger partial charge is 0.508 e. The van der Waals surface area contributed by atoms with Crippen molar-refractivity contribution in [2.24, 2.45) is 0 Å². The number of fused-ring (bicyclic) bond motifs is 1. The van der Waals surface area contributed by atoms with Crippen LogP contribution in [0.2, 0.25) is 0 Å². The fraction of sp³-hybridized carbons (Fsp3) is 0. The van der Waals surface area contributed by atoms with Crippen LogP contribution in [0.1, 0.15) is 11.1 Å². The summed E-state index contributed by atoms with van der Waals surface area (Å²) in [5.74, 6) is 0.396. The number of phenols is 5. The molecule has 5 aromatic rings. The zero-order valence-corrected chi connectivity index (χ0v) is 17.8. The fourth-order valence-electron chi connectivity index (χ4n) is 3.93. The van der Waals surface area contributed by atoms with E-state index >= 15 is 0 Å². The van der Waals surface area contributed by atoms with Gasteiger partial charge in [-0.25, -0.2) is 0 Å². The molecule has 0 fully saturated rings. The van der Waals surface area contributed by atoms with Crippen LogP contribution in [0.25, 0.3) is 45.6 Å². The second-order valence-corrected chi connectivity index (χ2v) is 7.93. The Kier molecular flexibility index (Phi) is 5.11. The summed E-state index contributed by atoms with van der Waals surface area (Å²) >= 11 is 0. The van der Waals surface area contributed by atoms with Crippen molar-refractivity contribution in [1.82, 2.24) is 0 Å². The van der Waals surface area contributed by atoms with E-state index in [0.717, 1.165) is 5.56 Å². The minimum atomic E-state index is -0.131. The van der Waals surface area contributed by atoms with Crippen LogP contribution in [0, 0.1) is 0 Å². The normalized spacial score (nSPS) is 11.4. The summed E-state index contributed by atoms with van der Waals surface area (Å²) in [7, 11) is 0. The maximum absolute atomic E-state index is 11.0. The lowest BCUT2D eigenvalue weighted by atomic mass is 9.97. The maximum Gasteiger partial charge on any atom is 0.143 e. The second-order valence-electron chi connectivity index (χ2n) is 7.93. The zero-order chi connectivity index (χ0) is 23.8. The first-order chi connectivity index (χ1) is 16.4. The minimum Gasteiger partial charge on any atom is -0.508 e. The monoisotopic (exact) mass is 452 g/mol. The number of hydrogen-bond acceptors (Lipinski definition) is 6. The van der Waals surface area contributed by atoms with Gasteiger partial charge in [0.2, 0.25) is 0 Å². The molecule has 4 aromatic carbocycles. The number of furan rings is 1. The van der Waals surface area contributed by atoms with Crippen molar-refractivity contribution >= 4 is 23.1 Å². The summed E-state index contributed by atoms with van der Waals surface area (Å²) in [6.07, 6.45) is 3.66. The quantitative estimate of drug-likeness (QED) is 0.200. The van der Waals surface area contributed by atoms with Crippen molar-refractivity contribution in [2.45, 2.75) is 0 Å². The molecular formula is C28H20O6. The molecule has 0 saturated heterocycles. The number of hydrogen-bond donors (Lipinski definition) is 5. The lowest BCUT2D eigenvalue weighted by molar-refractivity contribution is 0.451. The summed E-state index contributed by atoms with van der Waals surface area (Å²) in [6, 6.07) is 20.7. The third kappa shape index (κ3) is 4.00. The van der Waals surface area contributed by atoms with E-state index in [1.54, 1.807) is 48.5 Å². The van der Waals surface area contributed by atoms with Crippen molar-refractivity contribution in [3.63, 3.8) is 0 Å². The SMILES string of the molecule is Oc1ccc(/C=C/c2cc(O)c3c(-c4cc(O)cc(O)c4)c(-c4ccc(O)cc4)oc3c2)cc1. The number of rotatable bonds is 4. The zero-order valence-electron chi connectivity index (χ0n) is 17.8. The standard InChI is InChI=1S/C28H20O6/c29-20-7-3-16(4-8-20)1-2-17-11-24(33)27-25(12-17)34-28(18-5-9-21(30)10-6-18)26(27)19-13-22(31)15-23(32)14-19/h1-15,29-33H/b2-1+. The Bertz CT molecular complexity index is 1510. The predicted molar refractivity (Wildman–Crippen MR) is 131 cm³/mol. The Hall–Kier alpha value is -4.84. The van der Waals surface area contributed by atoms with Crippen molar-refractivity contribution in [3.05, 3.63) is 90.0 Å². The van der Waals surface area contributed by atoms with Gasteiger partial charge >= 0.3 is 0 Å². The van der Waals surface area contributed by atoms with Gasteiger partial charge in [-0.05, 0) is 77.4 Å². The summed E-state index contributed by atoms with van der Waals surface area (Å²) in [5.41, 5.74) is 3.58. The van der Waals surface area contributed by atoms with Crippen molar-refractivity contribution in [1.29, 1.82) is 0 Å². The first kappa shape index (κ1) is 21.0. The Morgan fingerprint density at radius 1 is 0.529 bits per heavy atom. The van der Waals surface area contributed by atoms with Gasteiger partial charge in [0, 0.05) is 17.2 Å². The van der Waals surface area contributed by atoms with E-state index in [-0.39, 0.29) is 28.7 Å². The Morgan fingerprint density at radius 3 is 1.76 bits per heavy atom. The highest BCUT2D eigenvalue weighted by Crippen LogP contribution is 2.46. The summed E-state index contributed by atoms with van der Waals surface area (Å²) in [5, 5.41) is 50.7. The third-order valence-electron chi connectivity index (χ3n) is 5.47. The molecule has 0 aliphatic rings. The average Bonchev–Trinajstić information content (AvgIpc) is 3.19. The van der Waals surface area contributed by atoms with E-state index in [4.69, 9.17) is 4.42 Å². The smallest absolute Gasteiger partial charge is 0.143 e. The second kappa shape index (κ2) is 8.26. The van der Waals surface area contributed by atoms with E-state index in [1.165, 1.54) is 30.3 Å². The van der Waals surface area contributed by atoms with Crippen LogP contribution in [0.15, 0.2) is 83.3 Å². The lowest BCUT2D eigenvalue weighted by Crippen LogP contribution is -1.83. The van der Waals surface area contributed by atoms with E-state index < -0.39 is 0 Å². The van der Waals surface area contributed by atoms with E-state index in [9.17, 15) is 25.5 Å². The highest BCUT2D eigenvalue weighted by atomic mass is 16.3. The molecule has 0 unspecified atom stereocenters. The molecule has 0 amide bonds. The maximum atomic E-state index is 11.0. The highest BCUT2D eigenvalue weighted by Gasteiger charge is 2.22. The minimum absolute atomic E-state index is 0.0329. The van der Waals surface area contributed by atoms with Crippen molar-refractivity contribution < 1.29 is 29.9 Å². The van der Waals surface area contributed by atoms with Crippen LogP contribution in [0.4, 0.5) is 0 Å². The molecule has 1 heterocycles.